The summed E-state index contributed by atoms with van der Waals surface area (Å²) >= 11 is 0. The normalized spacial score (nSPS) is 18.3. The van der Waals surface area contributed by atoms with Crippen molar-refractivity contribution in [3.63, 3.8) is 0 Å². The summed E-state index contributed by atoms with van der Waals surface area (Å²) in [4.78, 5) is 53.3. The van der Waals surface area contributed by atoms with Crippen LogP contribution in [0.4, 0.5) is 5.69 Å². The molecule has 4 N–H and O–H groups in total. The summed E-state index contributed by atoms with van der Waals surface area (Å²) in [5.41, 5.74) is 2.44. The Kier molecular flexibility index (Phi) is 4.25. The van der Waals surface area contributed by atoms with E-state index in [0.717, 1.165) is 0 Å². The van der Waals surface area contributed by atoms with Crippen LogP contribution in [0.5, 0.6) is 5.75 Å². The van der Waals surface area contributed by atoms with Crippen LogP contribution in [0.25, 0.3) is 10.9 Å². The second-order valence-electron chi connectivity index (χ2n) is 7.65. The van der Waals surface area contributed by atoms with E-state index < -0.39 is 11.9 Å². The van der Waals surface area contributed by atoms with E-state index in [4.69, 9.17) is 0 Å². The maximum Gasteiger partial charge on any atom is 0.272 e. The van der Waals surface area contributed by atoms with E-state index in [0.29, 0.717) is 39.8 Å². The van der Waals surface area contributed by atoms with E-state index in [9.17, 15) is 24.3 Å². The molecule has 1 aromatic heterocycles. The number of benzene rings is 2. The standard InChI is InChI=1S/C22H18N4O5/c27-17-3-1-2-11-9-15(24-19(11)17)20(29)23-13-4-5-14-12(8-13)10-26(22(14)31)16-6-7-18(28)25-21(16)30/h1-5,8-9,16,24,27H,6-7,10H2,(H,23,29)(H,25,28,30). The van der Waals surface area contributed by atoms with E-state index in [1.807, 2.05) is 0 Å². The molecule has 0 radical (unpaired) electrons. The Bertz CT molecular complexity index is 1280. The van der Waals surface area contributed by atoms with Crippen LogP contribution in [0.3, 0.4) is 0 Å². The van der Waals surface area contributed by atoms with Crippen molar-refractivity contribution in [3.05, 3.63) is 59.3 Å². The van der Waals surface area contributed by atoms with Gasteiger partial charge in [0.05, 0.1) is 5.52 Å². The maximum absolute atomic E-state index is 12.8. The number of H-pyrrole nitrogens is 1. The van der Waals surface area contributed by atoms with Gasteiger partial charge in [0.15, 0.2) is 0 Å². The molecule has 3 aromatic rings. The second kappa shape index (κ2) is 6.98. The van der Waals surface area contributed by atoms with Gasteiger partial charge in [-0.05, 0) is 42.3 Å². The zero-order valence-corrected chi connectivity index (χ0v) is 16.3. The van der Waals surface area contributed by atoms with E-state index >= 15 is 0 Å². The van der Waals surface area contributed by atoms with Crippen molar-refractivity contribution >= 4 is 40.2 Å². The summed E-state index contributed by atoms with van der Waals surface area (Å²) in [5, 5.41) is 15.7. The number of carbonyl (C=O) groups excluding carboxylic acids is 4. The fourth-order valence-electron chi connectivity index (χ4n) is 4.11. The van der Waals surface area contributed by atoms with Crippen LogP contribution in [-0.2, 0) is 16.1 Å². The summed E-state index contributed by atoms with van der Waals surface area (Å²) in [5.74, 6) is -1.40. The Balaban J connectivity index is 1.35. The van der Waals surface area contributed by atoms with Gasteiger partial charge in [-0.1, -0.05) is 12.1 Å². The van der Waals surface area contributed by atoms with Gasteiger partial charge in [-0.2, -0.15) is 0 Å². The van der Waals surface area contributed by atoms with E-state index in [2.05, 4.69) is 15.6 Å². The number of aromatic hydroxyl groups is 1. The van der Waals surface area contributed by atoms with Crippen LogP contribution in [0.2, 0.25) is 0 Å². The first-order valence-electron chi connectivity index (χ1n) is 9.80. The Morgan fingerprint density at radius 1 is 1.13 bits per heavy atom. The first-order chi connectivity index (χ1) is 14.9. The average molecular weight is 418 g/mol. The van der Waals surface area contributed by atoms with Gasteiger partial charge in [-0.3, -0.25) is 24.5 Å². The Labute approximate surface area is 176 Å². The fraction of sp³-hybridized carbons (Fsp3) is 0.182. The fourth-order valence-corrected chi connectivity index (χ4v) is 4.11. The molecule has 0 spiro atoms. The van der Waals surface area contributed by atoms with Crippen molar-refractivity contribution in [2.75, 3.05) is 5.32 Å². The lowest BCUT2D eigenvalue weighted by Gasteiger charge is -2.29. The molecule has 2 aliphatic heterocycles. The molecule has 156 valence electrons. The quantitative estimate of drug-likeness (QED) is 0.483. The molecule has 31 heavy (non-hydrogen) atoms. The van der Waals surface area contributed by atoms with Gasteiger partial charge in [0.1, 0.15) is 17.5 Å². The molecule has 1 atom stereocenters. The van der Waals surface area contributed by atoms with Gasteiger partial charge in [0.25, 0.3) is 11.8 Å². The Hall–Kier alpha value is -4.14. The maximum atomic E-state index is 12.8. The smallest absolute Gasteiger partial charge is 0.272 e. The minimum absolute atomic E-state index is 0.0566. The number of anilines is 1. The monoisotopic (exact) mass is 418 g/mol. The van der Waals surface area contributed by atoms with Crippen molar-refractivity contribution in [3.8, 4) is 5.75 Å². The molecule has 1 saturated heterocycles. The van der Waals surface area contributed by atoms with Gasteiger partial charge in [0.2, 0.25) is 11.8 Å². The number of hydrogen-bond acceptors (Lipinski definition) is 5. The average Bonchev–Trinajstić information content (AvgIpc) is 3.31. The summed E-state index contributed by atoms with van der Waals surface area (Å²) in [6, 6.07) is 10.9. The number of nitrogens with zero attached hydrogens (tertiary/aromatic N) is 1. The minimum Gasteiger partial charge on any atom is -0.506 e. The number of hydrogen-bond donors (Lipinski definition) is 4. The zero-order chi connectivity index (χ0) is 21.7. The van der Waals surface area contributed by atoms with Gasteiger partial charge in [-0.15, -0.1) is 0 Å². The summed E-state index contributed by atoms with van der Waals surface area (Å²) < 4.78 is 0. The van der Waals surface area contributed by atoms with Crippen molar-refractivity contribution in [2.45, 2.75) is 25.4 Å². The lowest BCUT2D eigenvalue weighted by atomic mass is 10.0. The van der Waals surface area contributed by atoms with Crippen molar-refractivity contribution in [1.82, 2.24) is 15.2 Å². The lowest BCUT2D eigenvalue weighted by molar-refractivity contribution is -0.136. The molecule has 1 fully saturated rings. The van der Waals surface area contributed by atoms with Crippen LogP contribution < -0.4 is 10.6 Å². The molecule has 5 rings (SSSR count). The summed E-state index contributed by atoms with van der Waals surface area (Å²) in [6.45, 7) is 0.227. The molecule has 2 aromatic carbocycles. The third kappa shape index (κ3) is 3.20. The van der Waals surface area contributed by atoms with E-state index in [-0.39, 0.29) is 36.4 Å². The largest absolute Gasteiger partial charge is 0.506 e. The highest BCUT2D eigenvalue weighted by molar-refractivity contribution is 6.08. The third-order valence-electron chi connectivity index (χ3n) is 5.66. The van der Waals surface area contributed by atoms with Crippen molar-refractivity contribution in [2.24, 2.45) is 0 Å². The van der Waals surface area contributed by atoms with Crippen LogP contribution in [0, 0.1) is 0 Å². The molecule has 2 aliphatic rings. The number of aromatic amines is 1. The summed E-state index contributed by atoms with van der Waals surface area (Å²) in [6.07, 6.45) is 0.485. The predicted molar refractivity (Wildman–Crippen MR) is 110 cm³/mol. The molecule has 9 heteroatoms. The molecule has 4 amide bonds. The number of aromatic nitrogens is 1. The number of fused-ring (bicyclic) bond motifs is 2. The Morgan fingerprint density at radius 3 is 2.74 bits per heavy atom. The number of amides is 4. The molecule has 3 heterocycles. The predicted octanol–water partition coefficient (Wildman–Crippen LogP) is 1.89. The van der Waals surface area contributed by atoms with Crippen LogP contribution in [0.15, 0.2) is 42.5 Å². The zero-order valence-electron chi connectivity index (χ0n) is 16.3. The third-order valence-corrected chi connectivity index (χ3v) is 5.66. The first kappa shape index (κ1) is 18.9. The number of phenolic OH excluding ortho intramolecular Hbond substituents is 1. The number of carbonyl (C=O) groups is 4. The van der Waals surface area contributed by atoms with E-state index in [1.165, 1.54) is 11.0 Å². The highest BCUT2D eigenvalue weighted by atomic mass is 16.3. The SMILES string of the molecule is O=C1CCC(N2Cc3cc(NC(=O)c4cc5cccc(O)c5[nH]4)ccc3C2=O)C(=O)N1. The minimum atomic E-state index is -0.685. The molecule has 0 aliphatic carbocycles. The summed E-state index contributed by atoms with van der Waals surface area (Å²) in [7, 11) is 0. The second-order valence-corrected chi connectivity index (χ2v) is 7.65. The number of imide groups is 1. The Morgan fingerprint density at radius 2 is 1.97 bits per heavy atom. The highest BCUT2D eigenvalue weighted by Crippen LogP contribution is 2.30. The van der Waals surface area contributed by atoms with E-state index in [1.54, 1.807) is 36.4 Å². The van der Waals surface area contributed by atoms with Gasteiger partial charge < -0.3 is 20.3 Å². The number of phenols is 1. The van der Waals surface area contributed by atoms with Gasteiger partial charge in [0, 0.05) is 29.6 Å². The molecular weight excluding hydrogens is 400 g/mol. The van der Waals surface area contributed by atoms with Crippen LogP contribution in [0.1, 0.15) is 39.3 Å². The topological polar surface area (TPSA) is 132 Å². The van der Waals surface area contributed by atoms with Gasteiger partial charge >= 0.3 is 0 Å². The number of para-hydroxylation sites is 1. The van der Waals surface area contributed by atoms with Crippen LogP contribution in [-0.4, -0.2) is 44.7 Å². The molecule has 0 saturated carbocycles. The highest BCUT2D eigenvalue weighted by Gasteiger charge is 2.39. The van der Waals surface area contributed by atoms with Gasteiger partial charge in [-0.25, -0.2) is 0 Å². The molecule has 9 nitrogen and oxygen atoms in total. The van der Waals surface area contributed by atoms with Crippen molar-refractivity contribution < 1.29 is 24.3 Å². The molecule has 0 bridgehead atoms. The number of piperidine rings is 1. The lowest BCUT2D eigenvalue weighted by Crippen LogP contribution is -2.52. The van der Waals surface area contributed by atoms with Crippen molar-refractivity contribution in [1.29, 1.82) is 0 Å². The molecular formula is C22H18N4O5. The molecule has 1 unspecified atom stereocenters. The number of nitrogens with one attached hydrogen (secondary N) is 3. The van der Waals surface area contributed by atoms with Crippen LogP contribution >= 0.6 is 0 Å². The first-order valence-corrected chi connectivity index (χ1v) is 9.80. The number of rotatable bonds is 3.